The number of fused-ring (bicyclic) bond motifs is 2. The van der Waals surface area contributed by atoms with E-state index in [4.69, 9.17) is 10.6 Å². The normalized spacial score (nSPS) is 17.7. The van der Waals surface area contributed by atoms with Crippen LogP contribution >= 0.6 is 23.1 Å². The molecule has 49 heavy (non-hydrogen) atoms. The van der Waals surface area contributed by atoms with Crippen molar-refractivity contribution in [3.63, 3.8) is 0 Å². The van der Waals surface area contributed by atoms with Crippen LogP contribution in [0.4, 0.5) is 5.13 Å². The average molecular weight is 716 g/mol. The van der Waals surface area contributed by atoms with Crippen LogP contribution in [-0.4, -0.2) is 99.6 Å². The first-order valence-corrected chi connectivity index (χ1v) is 16.3. The Labute approximate surface area is 283 Å². The number of nitrogens with two attached hydrogens (primary N) is 1. The number of phenols is 2. The number of thiazole rings is 1. The number of β-lactam (4-membered cyclic amide) rings is 1. The van der Waals surface area contributed by atoms with Crippen LogP contribution in [-0.2, 0) is 30.6 Å². The topological polar surface area (TPSA) is 276 Å². The van der Waals surface area contributed by atoms with Gasteiger partial charge in [0.2, 0.25) is 11.0 Å². The van der Waals surface area contributed by atoms with Gasteiger partial charge in [-0.1, -0.05) is 5.16 Å². The third-order valence-corrected chi connectivity index (χ3v) is 9.63. The number of amides is 3. The number of rotatable bonds is 11. The number of hydrogen-bond donors (Lipinski definition) is 7. The molecule has 2 aromatic heterocycles. The average Bonchev–Trinajstić information content (AvgIpc) is 3.48. The monoisotopic (exact) mass is 715 g/mol. The summed E-state index contributed by atoms with van der Waals surface area (Å²) < 4.78 is 1.53. The number of oxime groups is 1. The molecule has 1 unspecified atom stereocenters. The van der Waals surface area contributed by atoms with Gasteiger partial charge < -0.3 is 46.2 Å². The fourth-order valence-corrected chi connectivity index (χ4v) is 6.84. The second-order valence-corrected chi connectivity index (χ2v) is 13.2. The molecule has 0 aliphatic carbocycles. The van der Waals surface area contributed by atoms with Gasteiger partial charge in [-0.15, -0.1) is 23.1 Å². The number of carbonyl (C=O) groups excluding carboxylic acids is 3. The molecule has 258 valence electrons. The van der Waals surface area contributed by atoms with Gasteiger partial charge in [-0.25, -0.2) is 14.6 Å². The summed E-state index contributed by atoms with van der Waals surface area (Å²) in [5.74, 6) is -6.38. The number of nitrogen functional groups attached to an aromatic ring is 1. The van der Waals surface area contributed by atoms with Crippen molar-refractivity contribution in [3.05, 3.63) is 56.5 Å². The maximum atomic E-state index is 13.3. The smallest absolute Gasteiger partial charge is 0.352 e. The summed E-state index contributed by atoms with van der Waals surface area (Å²) in [6, 6.07) is 1.04. The number of hydrogen-bond acceptors (Lipinski definition) is 14. The number of aliphatic carboxylic acids is 2. The summed E-state index contributed by atoms with van der Waals surface area (Å²) in [6.07, 6.45) is 1.28. The van der Waals surface area contributed by atoms with Crippen LogP contribution in [0.3, 0.4) is 0 Å². The number of aryl methyl sites for hydroxylation is 1. The first-order valence-electron chi connectivity index (χ1n) is 14.3. The lowest BCUT2D eigenvalue weighted by molar-refractivity contribution is -0.161. The zero-order chi connectivity index (χ0) is 35.9. The highest BCUT2D eigenvalue weighted by atomic mass is 32.2. The molecule has 0 saturated carbocycles. The van der Waals surface area contributed by atoms with Gasteiger partial charge in [-0.3, -0.25) is 24.1 Å². The number of benzene rings is 1. The molecule has 20 heteroatoms. The van der Waals surface area contributed by atoms with Crippen LogP contribution in [0.1, 0.15) is 36.8 Å². The number of carboxylic acid groups (broad SMARTS) is 2. The van der Waals surface area contributed by atoms with E-state index in [1.165, 1.54) is 36.1 Å². The molecule has 18 nitrogen and oxygen atoms in total. The molecule has 0 spiro atoms. The maximum Gasteiger partial charge on any atom is 0.352 e. The van der Waals surface area contributed by atoms with Gasteiger partial charge in [-0.05, 0) is 32.4 Å². The molecule has 2 aliphatic heterocycles. The number of pyridine rings is 1. The van der Waals surface area contributed by atoms with Crippen molar-refractivity contribution in [1.29, 1.82) is 0 Å². The Morgan fingerprint density at radius 1 is 1.16 bits per heavy atom. The lowest BCUT2D eigenvalue weighted by Crippen LogP contribution is -2.71. The summed E-state index contributed by atoms with van der Waals surface area (Å²) in [5, 5.41) is 48.5. The summed E-state index contributed by atoms with van der Waals surface area (Å²) >= 11 is 2.08. The van der Waals surface area contributed by atoms with Crippen LogP contribution in [0.15, 0.2) is 44.9 Å². The van der Waals surface area contributed by atoms with E-state index in [9.17, 15) is 49.2 Å². The van der Waals surface area contributed by atoms with Crippen molar-refractivity contribution in [2.24, 2.45) is 5.16 Å². The minimum absolute atomic E-state index is 0.0193. The van der Waals surface area contributed by atoms with Gasteiger partial charge >= 0.3 is 11.9 Å². The lowest BCUT2D eigenvalue weighted by atomic mass is 10.0. The summed E-state index contributed by atoms with van der Waals surface area (Å²) in [6.45, 7) is 4.11. The van der Waals surface area contributed by atoms with Crippen molar-refractivity contribution in [2.75, 3.05) is 18.0 Å². The molecule has 1 saturated heterocycles. The van der Waals surface area contributed by atoms with E-state index in [0.29, 0.717) is 6.54 Å². The molecule has 1 aromatic carbocycles. The number of aromatic nitrogens is 2. The Morgan fingerprint density at radius 3 is 2.47 bits per heavy atom. The quantitative estimate of drug-likeness (QED) is 0.0606. The largest absolute Gasteiger partial charge is 0.504 e. The van der Waals surface area contributed by atoms with E-state index in [1.807, 2.05) is 0 Å². The number of phenolic OH excluding ortho intramolecular Hbond substituents is 2. The highest BCUT2D eigenvalue weighted by Gasteiger charge is 2.54. The van der Waals surface area contributed by atoms with E-state index in [0.717, 1.165) is 34.1 Å². The van der Waals surface area contributed by atoms with Gasteiger partial charge in [0.1, 0.15) is 28.4 Å². The van der Waals surface area contributed by atoms with Crippen molar-refractivity contribution in [2.45, 2.75) is 44.3 Å². The Hall–Kier alpha value is -5.63. The van der Waals surface area contributed by atoms with Crippen LogP contribution in [0.25, 0.3) is 10.9 Å². The molecule has 3 aromatic rings. The first-order chi connectivity index (χ1) is 23.0. The fraction of sp³-hybridized carbons (Fsp3) is 0.310. The fourth-order valence-electron chi connectivity index (χ4n) is 4.95. The van der Waals surface area contributed by atoms with Crippen molar-refractivity contribution in [1.82, 2.24) is 25.1 Å². The van der Waals surface area contributed by atoms with Gasteiger partial charge in [-0.2, -0.15) is 0 Å². The van der Waals surface area contributed by atoms with Crippen LogP contribution in [0, 0.1) is 0 Å². The molecule has 2 atom stereocenters. The van der Waals surface area contributed by atoms with Gasteiger partial charge in [0.05, 0.1) is 10.9 Å². The van der Waals surface area contributed by atoms with Gasteiger partial charge in [0.15, 0.2) is 22.3 Å². The maximum absolute atomic E-state index is 13.3. The summed E-state index contributed by atoms with van der Waals surface area (Å²) in [4.78, 5) is 86.7. The van der Waals surface area contributed by atoms with E-state index < -0.39 is 75.0 Å². The van der Waals surface area contributed by atoms with E-state index >= 15 is 0 Å². The molecule has 8 N–H and O–H groups in total. The lowest BCUT2D eigenvalue weighted by Gasteiger charge is -2.49. The number of carboxylic acids is 2. The molecular weight excluding hydrogens is 686 g/mol. The second kappa shape index (κ2) is 13.1. The number of nitrogens with one attached hydrogen (secondary N) is 2. The van der Waals surface area contributed by atoms with Crippen molar-refractivity contribution < 1.29 is 49.2 Å². The van der Waals surface area contributed by atoms with Crippen molar-refractivity contribution >= 4 is 74.5 Å². The third-order valence-electron chi connectivity index (χ3n) is 7.62. The molecule has 4 heterocycles. The predicted octanol–water partition coefficient (Wildman–Crippen LogP) is 0.224. The minimum Gasteiger partial charge on any atom is -0.504 e. The molecule has 2 aliphatic rings. The van der Waals surface area contributed by atoms with Crippen molar-refractivity contribution in [3.8, 4) is 11.5 Å². The minimum atomic E-state index is -1.82. The summed E-state index contributed by atoms with van der Waals surface area (Å²) in [7, 11) is 0. The van der Waals surface area contributed by atoms with Crippen LogP contribution in [0.5, 0.6) is 11.5 Å². The van der Waals surface area contributed by atoms with E-state index in [-0.39, 0.29) is 45.2 Å². The van der Waals surface area contributed by atoms with Crippen LogP contribution < -0.4 is 21.8 Å². The number of carbonyl (C=O) groups is 5. The van der Waals surface area contributed by atoms with Crippen LogP contribution in [0.2, 0.25) is 0 Å². The molecular formula is C29H29N7O11S2. The molecule has 0 bridgehead atoms. The Balaban J connectivity index is 1.35. The van der Waals surface area contributed by atoms with E-state index in [2.05, 4.69) is 20.8 Å². The standard InChI is InChI=1S/C29H29N7O11S2/c1-4-35-8-13(21(39)12-5-16(37)17(38)6-15(12)35)22(40)31-7-11-9-48-25-19(24(42)36(25)20(11)26(43)44)33-23(41)18(14-10-49-28(30)32-14)34-47-29(2,3)27(45)46/h5-6,8,10,19,25,37-38H,4,7,9H2,1-3H3,(H2,30,32)(H,31,40)(H,33,41)(H,43,44)(H,45,46)/b34-18-/t19?,25-/m1/s1. The predicted molar refractivity (Wildman–Crippen MR) is 175 cm³/mol. The number of anilines is 1. The Morgan fingerprint density at radius 2 is 1.86 bits per heavy atom. The first kappa shape index (κ1) is 34.7. The SMILES string of the molecule is CCn1cc(C(=O)NCC2=C(C(=O)O)N3C(=O)C(NC(=O)/C(=N\OC(C)(C)C(=O)O)c4csc(N)n4)[C@H]3SC2)c(=O)c2cc(O)c(O)cc21. The Kier molecular flexibility index (Phi) is 9.28. The number of nitrogens with zero attached hydrogens (tertiary/aromatic N) is 4. The van der Waals surface area contributed by atoms with Gasteiger partial charge in [0.25, 0.3) is 17.7 Å². The second-order valence-electron chi connectivity index (χ2n) is 11.2. The van der Waals surface area contributed by atoms with Gasteiger partial charge in [0, 0.05) is 36.5 Å². The molecule has 3 amide bonds. The summed E-state index contributed by atoms with van der Waals surface area (Å²) in [5.41, 5.74) is 2.36. The van der Waals surface area contributed by atoms with E-state index in [1.54, 1.807) is 6.92 Å². The zero-order valence-corrected chi connectivity index (χ0v) is 27.5. The Bertz CT molecular complexity index is 2050. The molecule has 1 fully saturated rings. The molecule has 0 radical (unpaired) electrons. The highest BCUT2D eigenvalue weighted by molar-refractivity contribution is 8.00. The highest BCUT2D eigenvalue weighted by Crippen LogP contribution is 2.40. The number of thioether (sulfide) groups is 1. The zero-order valence-electron chi connectivity index (χ0n) is 25.9. The third kappa shape index (κ3) is 6.46. The molecule has 5 rings (SSSR count). The number of aromatic hydroxyl groups is 2.